The van der Waals surface area contributed by atoms with Crippen LogP contribution in [0.3, 0.4) is 0 Å². The van der Waals surface area contributed by atoms with Crippen LogP contribution >= 0.6 is 0 Å². The predicted octanol–water partition coefficient (Wildman–Crippen LogP) is 3.25. The van der Waals surface area contributed by atoms with Gasteiger partial charge in [-0.25, -0.2) is 0 Å². The fourth-order valence-corrected chi connectivity index (χ4v) is 4.26. The Hall–Kier alpha value is -2.01. The van der Waals surface area contributed by atoms with Crippen molar-refractivity contribution in [3.05, 3.63) is 41.7 Å². The topological polar surface area (TPSA) is 61.8 Å². The summed E-state index contributed by atoms with van der Waals surface area (Å²) >= 11 is 0. The van der Waals surface area contributed by atoms with Crippen molar-refractivity contribution in [3.63, 3.8) is 0 Å². The summed E-state index contributed by atoms with van der Waals surface area (Å²) in [6.07, 6.45) is 7.98. The van der Waals surface area contributed by atoms with E-state index in [1.54, 1.807) is 18.4 Å². The molecule has 1 aliphatic carbocycles. The fraction of sp³-hybridized carbons (Fsp3) is 0.609. The lowest BCUT2D eigenvalue weighted by Gasteiger charge is -2.27. The van der Waals surface area contributed by atoms with Gasteiger partial charge >= 0.3 is 0 Å². The molecule has 5 heteroatoms. The van der Waals surface area contributed by atoms with Crippen molar-refractivity contribution in [2.75, 3.05) is 20.6 Å². The number of ether oxygens (including phenoxy) is 1. The summed E-state index contributed by atoms with van der Waals surface area (Å²) in [4.78, 5) is 14.9. The van der Waals surface area contributed by atoms with E-state index in [4.69, 9.17) is 4.74 Å². The summed E-state index contributed by atoms with van der Waals surface area (Å²) < 4.78 is 5.58. The van der Waals surface area contributed by atoms with Crippen LogP contribution in [0.4, 0.5) is 0 Å². The van der Waals surface area contributed by atoms with Crippen molar-refractivity contribution in [3.8, 4) is 5.75 Å². The molecule has 1 amide bonds. The Morgan fingerprint density at radius 3 is 2.68 bits per heavy atom. The number of nitrogens with zero attached hydrogens (tertiary/aromatic N) is 1. The van der Waals surface area contributed by atoms with Gasteiger partial charge in [-0.15, -0.1) is 0 Å². The monoisotopic (exact) mass is 386 g/mol. The van der Waals surface area contributed by atoms with Gasteiger partial charge in [0.15, 0.2) is 0 Å². The predicted molar refractivity (Wildman–Crippen MR) is 111 cm³/mol. The van der Waals surface area contributed by atoms with Gasteiger partial charge in [0, 0.05) is 24.9 Å². The Balaban J connectivity index is 1.55. The second-order valence-electron chi connectivity index (χ2n) is 8.69. The number of phenols is 1. The van der Waals surface area contributed by atoms with E-state index in [1.165, 1.54) is 18.4 Å². The number of rotatable bonds is 9. The second kappa shape index (κ2) is 8.99. The molecular formula is C23H34N2O3. The lowest BCUT2D eigenvalue weighted by molar-refractivity contribution is -0.122. The van der Waals surface area contributed by atoms with Crippen LogP contribution in [-0.4, -0.2) is 48.7 Å². The van der Waals surface area contributed by atoms with Crippen molar-refractivity contribution >= 4 is 5.91 Å². The summed E-state index contributed by atoms with van der Waals surface area (Å²) in [6.45, 7) is 4.73. The van der Waals surface area contributed by atoms with Gasteiger partial charge in [-0.3, -0.25) is 4.79 Å². The van der Waals surface area contributed by atoms with E-state index >= 15 is 0 Å². The van der Waals surface area contributed by atoms with Gasteiger partial charge < -0.3 is 20.1 Å². The molecule has 1 aromatic rings. The molecule has 2 N–H and O–H groups in total. The van der Waals surface area contributed by atoms with Gasteiger partial charge in [0.2, 0.25) is 5.91 Å². The zero-order valence-corrected chi connectivity index (χ0v) is 17.5. The first-order valence-corrected chi connectivity index (χ1v) is 10.4. The number of nitrogens with one attached hydrogen (secondary N) is 1. The van der Waals surface area contributed by atoms with E-state index in [2.05, 4.69) is 23.2 Å². The quantitative estimate of drug-likeness (QED) is 0.684. The van der Waals surface area contributed by atoms with Crippen LogP contribution in [0.25, 0.3) is 0 Å². The maximum Gasteiger partial charge on any atom is 0.220 e. The van der Waals surface area contributed by atoms with Gasteiger partial charge in [0.25, 0.3) is 0 Å². The lowest BCUT2D eigenvalue weighted by Crippen LogP contribution is -2.42. The van der Waals surface area contributed by atoms with Gasteiger partial charge in [-0.05, 0) is 88.4 Å². The summed E-state index contributed by atoms with van der Waals surface area (Å²) in [6, 6.07) is 5.70. The number of hydrogen-bond acceptors (Lipinski definition) is 4. The van der Waals surface area contributed by atoms with Gasteiger partial charge in [0.05, 0.1) is 6.26 Å². The number of aromatic hydroxyl groups is 1. The molecule has 2 unspecified atom stereocenters. The average molecular weight is 387 g/mol. The first-order chi connectivity index (χ1) is 13.3. The molecule has 3 rings (SSSR count). The number of benzene rings is 1. The van der Waals surface area contributed by atoms with Gasteiger partial charge in [-0.1, -0.05) is 6.07 Å². The minimum atomic E-state index is 0.138. The average Bonchev–Trinajstić information content (AvgIpc) is 3.39. The van der Waals surface area contributed by atoms with E-state index in [0.29, 0.717) is 36.5 Å². The second-order valence-corrected chi connectivity index (χ2v) is 8.69. The minimum absolute atomic E-state index is 0.138. The molecule has 28 heavy (non-hydrogen) atoms. The zero-order chi connectivity index (χ0) is 20.3. The first-order valence-electron chi connectivity index (χ1n) is 10.4. The van der Waals surface area contributed by atoms with Crippen LogP contribution in [0.2, 0.25) is 0 Å². The van der Waals surface area contributed by atoms with E-state index in [9.17, 15) is 9.90 Å². The molecule has 1 aliphatic heterocycles. The highest BCUT2D eigenvalue weighted by Gasteiger charge is 2.40. The largest absolute Gasteiger partial charge is 0.508 e. The molecule has 1 aromatic carbocycles. The molecule has 4 atom stereocenters. The minimum Gasteiger partial charge on any atom is -0.508 e. The Kier molecular flexibility index (Phi) is 6.65. The van der Waals surface area contributed by atoms with E-state index < -0.39 is 0 Å². The number of aryl methyl sites for hydroxylation is 1. The number of likely N-dealkylation sites (N-methyl/N-ethyl adjacent to an activating group) is 1. The highest BCUT2D eigenvalue weighted by Crippen LogP contribution is 2.45. The van der Waals surface area contributed by atoms with Gasteiger partial charge in [0.1, 0.15) is 11.9 Å². The van der Waals surface area contributed by atoms with Crippen LogP contribution in [0.15, 0.2) is 30.5 Å². The molecule has 0 aromatic heterocycles. The summed E-state index contributed by atoms with van der Waals surface area (Å²) in [7, 11) is 4.09. The Morgan fingerprint density at radius 1 is 1.36 bits per heavy atom. The summed E-state index contributed by atoms with van der Waals surface area (Å²) in [5.74, 6) is 1.82. The van der Waals surface area contributed by atoms with E-state index in [-0.39, 0.29) is 18.1 Å². The van der Waals surface area contributed by atoms with Crippen molar-refractivity contribution in [1.82, 2.24) is 10.2 Å². The molecule has 1 saturated carbocycles. The molecule has 2 aliphatic rings. The molecule has 1 fully saturated rings. The molecule has 0 bridgehead atoms. The fourth-order valence-electron chi connectivity index (χ4n) is 4.26. The maximum atomic E-state index is 12.7. The third kappa shape index (κ3) is 5.28. The molecule has 1 heterocycles. The standard InChI is InChI=1S/C23H34N2O3/c1-15-11-20(26)8-7-18(15)12-19(25(3)4)14-24-23(27)13-22(17-5-6-17)21-9-10-28-16(21)2/h7-11,16-17,19,21-22,26H,5-6,12-14H2,1-4H3,(H,24,27)/t16?,19-,21?,22+/m0/s1. The number of amides is 1. The van der Waals surface area contributed by atoms with E-state index in [1.807, 2.05) is 27.1 Å². The maximum absolute atomic E-state index is 12.7. The van der Waals surface area contributed by atoms with Crippen molar-refractivity contribution < 1.29 is 14.6 Å². The van der Waals surface area contributed by atoms with Crippen LogP contribution < -0.4 is 5.32 Å². The first kappa shape index (κ1) is 20.7. The molecule has 154 valence electrons. The lowest BCUT2D eigenvalue weighted by atomic mass is 9.82. The van der Waals surface area contributed by atoms with Crippen LogP contribution in [0, 0.1) is 24.7 Å². The number of hydrogen-bond donors (Lipinski definition) is 2. The van der Waals surface area contributed by atoms with Crippen molar-refractivity contribution in [2.45, 2.75) is 51.7 Å². The number of carbonyl (C=O) groups is 1. The van der Waals surface area contributed by atoms with E-state index in [0.717, 1.165) is 12.0 Å². The van der Waals surface area contributed by atoms with Crippen LogP contribution in [0.5, 0.6) is 5.75 Å². The van der Waals surface area contributed by atoms with Crippen LogP contribution in [-0.2, 0) is 16.0 Å². The zero-order valence-electron chi connectivity index (χ0n) is 17.5. The molecular weight excluding hydrogens is 352 g/mol. The van der Waals surface area contributed by atoms with Crippen LogP contribution in [0.1, 0.15) is 37.3 Å². The Bertz CT molecular complexity index is 712. The van der Waals surface area contributed by atoms with Crippen molar-refractivity contribution in [2.24, 2.45) is 17.8 Å². The normalized spacial score (nSPS) is 23.5. The summed E-state index contributed by atoms with van der Waals surface area (Å²) in [5.41, 5.74) is 2.28. The molecule has 0 spiro atoms. The third-order valence-corrected chi connectivity index (χ3v) is 6.33. The van der Waals surface area contributed by atoms with Crippen molar-refractivity contribution in [1.29, 1.82) is 0 Å². The highest BCUT2D eigenvalue weighted by molar-refractivity contribution is 5.76. The molecule has 5 nitrogen and oxygen atoms in total. The smallest absolute Gasteiger partial charge is 0.220 e. The number of phenolic OH excluding ortho intramolecular Hbond substituents is 1. The molecule has 0 saturated heterocycles. The Morgan fingerprint density at radius 2 is 2.11 bits per heavy atom. The Labute approximate surface area is 168 Å². The molecule has 0 radical (unpaired) electrons. The highest BCUT2D eigenvalue weighted by atomic mass is 16.5. The SMILES string of the molecule is Cc1cc(O)ccc1C[C@@H](CNC(=O)C[C@H](C1CC1)C1C=COC1C)N(C)C. The summed E-state index contributed by atoms with van der Waals surface area (Å²) in [5, 5.41) is 12.8. The third-order valence-electron chi connectivity index (χ3n) is 6.33. The van der Waals surface area contributed by atoms with Gasteiger partial charge in [-0.2, -0.15) is 0 Å². The number of carbonyl (C=O) groups excluding carboxylic acids is 1.